The van der Waals surface area contributed by atoms with Gasteiger partial charge in [0, 0.05) is 0 Å². The number of benzene rings is 1. The highest BCUT2D eigenvalue weighted by Crippen LogP contribution is 2.29. The van der Waals surface area contributed by atoms with E-state index in [4.69, 9.17) is 10.4 Å². The Bertz CT molecular complexity index is 888. The Kier molecular flexibility index (Phi) is 3.66. The number of sulfonamides is 1. The topological polar surface area (TPSA) is 118 Å². The maximum atomic E-state index is 12.3. The summed E-state index contributed by atoms with van der Waals surface area (Å²) in [6.45, 7) is 0. The Morgan fingerprint density at radius 2 is 1.50 bits per heavy atom. The van der Waals surface area contributed by atoms with Crippen LogP contribution in [0.3, 0.4) is 0 Å². The van der Waals surface area contributed by atoms with Gasteiger partial charge in [0.25, 0.3) is 0 Å². The molecule has 0 aliphatic heterocycles. The van der Waals surface area contributed by atoms with Gasteiger partial charge in [0.15, 0.2) is 0 Å². The van der Waals surface area contributed by atoms with Gasteiger partial charge in [-0.2, -0.15) is 5.26 Å². The van der Waals surface area contributed by atoms with Crippen LogP contribution in [-0.4, -0.2) is 16.8 Å². The highest BCUT2D eigenvalue weighted by Gasteiger charge is 2.22. The van der Waals surface area contributed by atoms with Crippen molar-refractivity contribution in [2.24, 2.45) is 5.14 Å². The Morgan fingerprint density at radius 1 is 0.950 bits per heavy atom. The minimum absolute atomic E-state index is 0.0145. The van der Waals surface area contributed by atoms with Gasteiger partial charge in [-0.1, -0.05) is 0 Å². The second kappa shape index (κ2) is 4.99. The molecule has 0 unspecified atom stereocenters. The van der Waals surface area contributed by atoms with Crippen LogP contribution in [0.4, 0.5) is 0 Å². The molecule has 9 heteroatoms. The van der Waals surface area contributed by atoms with E-state index in [1.54, 1.807) is 0 Å². The lowest BCUT2D eigenvalue weighted by Gasteiger charge is -2.01. The fourth-order valence-corrected chi connectivity index (χ4v) is 5.02. The number of rotatable bonds is 3. The first-order chi connectivity index (χ1) is 9.25. The molecule has 0 bridgehead atoms. The molecule has 0 amide bonds. The van der Waals surface area contributed by atoms with Crippen molar-refractivity contribution in [2.45, 2.75) is 13.3 Å². The van der Waals surface area contributed by atoms with Gasteiger partial charge in [-0.15, -0.1) is 11.3 Å². The SMILES string of the molecule is N#Cc1ccc(S(=O)(=O)c2ccc(S(N)(=O)=O)s2)cc1. The molecule has 2 aromatic rings. The van der Waals surface area contributed by atoms with Gasteiger partial charge in [0.2, 0.25) is 19.9 Å². The average molecular weight is 328 g/mol. The van der Waals surface area contributed by atoms with Crippen LogP contribution in [-0.2, 0) is 19.9 Å². The number of nitrogens with zero attached hydrogens (tertiary/aromatic N) is 1. The molecule has 0 aliphatic carbocycles. The molecule has 0 saturated carbocycles. The summed E-state index contributed by atoms with van der Waals surface area (Å²) in [6, 6.07) is 9.57. The first kappa shape index (κ1) is 14.7. The molecule has 104 valence electrons. The van der Waals surface area contributed by atoms with Crippen LogP contribution in [0.2, 0.25) is 0 Å². The lowest BCUT2D eigenvalue weighted by Crippen LogP contribution is -2.09. The van der Waals surface area contributed by atoms with Crippen molar-refractivity contribution in [3.8, 4) is 6.07 Å². The van der Waals surface area contributed by atoms with Crippen LogP contribution in [0.15, 0.2) is 49.7 Å². The standard InChI is InChI=1S/C11H8N2O4S3/c12-7-8-1-3-9(4-2-8)19(14,15)10-5-6-11(18-10)20(13,16)17/h1-6H,(H2,13,16,17). The zero-order valence-electron chi connectivity index (χ0n) is 9.85. The molecule has 20 heavy (non-hydrogen) atoms. The zero-order chi connectivity index (χ0) is 15.0. The van der Waals surface area contributed by atoms with Gasteiger partial charge < -0.3 is 0 Å². The molecule has 2 N–H and O–H groups in total. The largest absolute Gasteiger partial charge is 0.247 e. The molecule has 1 heterocycles. The lowest BCUT2D eigenvalue weighted by molar-refractivity contribution is 0.597. The molecular weight excluding hydrogens is 320 g/mol. The molecule has 0 radical (unpaired) electrons. The van der Waals surface area contributed by atoms with Gasteiger partial charge in [-0.3, -0.25) is 0 Å². The zero-order valence-corrected chi connectivity index (χ0v) is 12.3. The minimum atomic E-state index is -3.92. The highest BCUT2D eigenvalue weighted by molar-refractivity contribution is 7.95. The van der Waals surface area contributed by atoms with E-state index in [-0.39, 0.29) is 13.3 Å². The third kappa shape index (κ3) is 2.73. The first-order valence-corrected chi connectivity index (χ1v) is 8.97. The molecule has 1 aromatic heterocycles. The molecule has 1 aromatic carbocycles. The molecule has 0 spiro atoms. The van der Waals surface area contributed by atoms with Crippen LogP contribution < -0.4 is 5.14 Å². The second-order valence-electron chi connectivity index (χ2n) is 3.76. The van der Waals surface area contributed by atoms with Crippen LogP contribution in [0, 0.1) is 11.3 Å². The molecule has 0 fully saturated rings. The van der Waals surface area contributed by atoms with Crippen molar-refractivity contribution in [2.75, 3.05) is 0 Å². The normalized spacial score (nSPS) is 12.0. The third-order valence-electron chi connectivity index (χ3n) is 2.40. The molecule has 0 atom stereocenters. The predicted molar refractivity (Wildman–Crippen MR) is 72.3 cm³/mol. The fourth-order valence-electron chi connectivity index (χ4n) is 1.43. The van der Waals surface area contributed by atoms with Crippen LogP contribution >= 0.6 is 11.3 Å². The molecule has 2 rings (SSSR count). The van der Waals surface area contributed by atoms with E-state index < -0.39 is 19.9 Å². The van der Waals surface area contributed by atoms with Crippen molar-refractivity contribution >= 4 is 31.2 Å². The number of primary sulfonamides is 1. The van der Waals surface area contributed by atoms with Gasteiger partial charge in [-0.25, -0.2) is 22.0 Å². The van der Waals surface area contributed by atoms with E-state index in [9.17, 15) is 16.8 Å². The van der Waals surface area contributed by atoms with E-state index in [0.29, 0.717) is 16.9 Å². The quantitative estimate of drug-likeness (QED) is 0.905. The summed E-state index contributed by atoms with van der Waals surface area (Å²) >= 11 is 0.586. The maximum Gasteiger partial charge on any atom is 0.247 e. The number of nitriles is 1. The summed E-state index contributed by atoms with van der Waals surface area (Å²) in [5, 5.41) is 13.6. The van der Waals surface area contributed by atoms with E-state index in [1.165, 1.54) is 30.3 Å². The number of nitrogens with two attached hydrogens (primary N) is 1. The Balaban J connectivity index is 2.50. The summed E-state index contributed by atoms with van der Waals surface area (Å²) in [7, 11) is -7.74. The number of hydrogen-bond acceptors (Lipinski definition) is 6. The van der Waals surface area contributed by atoms with E-state index in [0.717, 1.165) is 6.07 Å². The number of sulfone groups is 1. The highest BCUT2D eigenvalue weighted by atomic mass is 32.3. The van der Waals surface area contributed by atoms with Crippen molar-refractivity contribution in [3.63, 3.8) is 0 Å². The van der Waals surface area contributed by atoms with Gasteiger partial charge >= 0.3 is 0 Å². The molecule has 0 saturated heterocycles. The van der Waals surface area contributed by atoms with Crippen molar-refractivity contribution in [1.82, 2.24) is 0 Å². The molecule has 0 aliphatic rings. The summed E-state index contributed by atoms with van der Waals surface area (Å²) < 4.78 is 46.5. The minimum Gasteiger partial charge on any atom is -0.224 e. The smallest absolute Gasteiger partial charge is 0.224 e. The summed E-state index contributed by atoms with van der Waals surface area (Å²) in [6.07, 6.45) is 0. The van der Waals surface area contributed by atoms with Gasteiger partial charge in [-0.05, 0) is 36.4 Å². The first-order valence-electron chi connectivity index (χ1n) is 5.13. The average Bonchev–Trinajstić information content (AvgIpc) is 2.89. The van der Waals surface area contributed by atoms with Crippen molar-refractivity contribution in [3.05, 3.63) is 42.0 Å². The van der Waals surface area contributed by atoms with Crippen LogP contribution in [0.25, 0.3) is 0 Å². The summed E-state index contributed by atoms with van der Waals surface area (Å²) in [5.41, 5.74) is 0.334. The Morgan fingerprint density at radius 3 is 1.95 bits per heavy atom. The summed E-state index contributed by atoms with van der Waals surface area (Å²) in [4.78, 5) is -0.0145. The third-order valence-corrected chi connectivity index (χ3v) is 7.18. The second-order valence-corrected chi connectivity index (χ2v) is 8.81. The lowest BCUT2D eigenvalue weighted by atomic mass is 10.2. The predicted octanol–water partition coefficient (Wildman–Crippen LogP) is 1.10. The van der Waals surface area contributed by atoms with Gasteiger partial charge in [0.05, 0.1) is 16.5 Å². The van der Waals surface area contributed by atoms with Crippen LogP contribution in [0.1, 0.15) is 5.56 Å². The number of hydrogen-bond donors (Lipinski definition) is 1. The maximum absolute atomic E-state index is 12.3. The van der Waals surface area contributed by atoms with Gasteiger partial charge in [0.1, 0.15) is 8.42 Å². The van der Waals surface area contributed by atoms with E-state index in [2.05, 4.69) is 0 Å². The van der Waals surface area contributed by atoms with Crippen molar-refractivity contribution < 1.29 is 16.8 Å². The Labute approximate surface area is 120 Å². The van der Waals surface area contributed by atoms with E-state index >= 15 is 0 Å². The monoisotopic (exact) mass is 328 g/mol. The fraction of sp³-hybridized carbons (Fsp3) is 0. The number of thiophene rings is 1. The summed E-state index contributed by atoms with van der Waals surface area (Å²) in [5.74, 6) is 0. The molecule has 6 nitrogen and oxygen atoms in total. The molecular formula is C11H8N2O4S3. The van der Waals surface area contributed by atoms with E-state index in [1.807, 2.05) is 6.07 Å². The Hall–Kier alpha value is -1.73. The van der Waals surface area contributed by atoms with Crippen molar-refractivity contribution in [1.29, 1.82) is 5.26 Å². The van der Waals surface area contributed by atoms with Crippen LogP contribution in [0.5, 0.6) is 0 Å².